The second-order valence-corrected chi connectivity index (χ2v) is 5.69. The van der Waals surface area contributed by atoms with E-state index >= 15 is 0 Å². The van der Waals surface area contributed by atoms with Gasteiger partial charge in [-0.2, -0.15) is 0 Å². The number of hydrogen-bond donors (Lipinski definition) is 2. The molecule has 0 saturated carbocycles. The van der Waals surface area contributed by atoms with Crippen molar-refractivity contribution in [2.24, 2.45) is 5.73 Å². The second kappa shape index (κ2) is 9.55. The molecule has 0 aromatic heterocycles. The number of benzene rings is 1. The van der Waals surface area contributed by atoms with E-state index in [0.717, 1.165) is 34.0 Å². The van der Waals surface area contributed by atoms with Gasteiger partial charge in [-0.25, -0.2) is 0 Å². The molecule has 0 bridgehead atoms. The second-order valence-electron chi connectivity index (χ2n) is 4.53. The Kier molecular flexibility index (Phi) is 9.39. The molecule has 1 aromatic carbocycles. The van der Waals surface area contributed by atoms with Crippen LogP contribution in [0.1, 0.15) is 42.1 Å². The van der Waals surface area contributed by atoms with E-state index in [9.17, 15) is 4.79 Å². The number of unbranched alkanes of at least 4 members (excludes halogenated alkanes) is 1. The zero-order valence-electron chi connectivity index (χ0n) is 11.4. The summed E-state index contributed by atoms with van der Waals surface area (Å²) in [5, 5.41) is 3.02. The van der Waals surface area contributed by atoms with E-state index < -0.39 is 0 Å². The Morgan fingerprint density at radius 1 is 1.47 bits per heavy atom. The van der Waals surface area contributed by atoms with E-state index in [4.69, 9.17) is 5.73 Å². The summed E-state index contributed by atoms with van der Waals surface area (Å²) in [6.45, 7) is 4.62. The summed E-state index contributed by atoms with van der Waals surface area (Å²) in [7, 11) is 0. The van der Waals surface area contributed by atoms with Crippen molar-refractivity contribution in [1.29, 1.82) is 0 Å². The number of halogens is 2. The zero-order chi connectivity index (χ0) is 13.5. The van der Waals surface area contributed by atoms with Crippen molar-refractivity contribution in [3.63, 3.8) is 0 Å². The topological polar surface area (TPSA) is 55.1 Å². The molecule has 0 aliphatic carbocycles. The predicted molar refractivity (Wildman–Crippen MR) is 91.0 cm³/mol. The van der Waals surface area contributed by atoms with E-state index in [1.54, 1.807) is 0 Å². The van der Waals surface area contributed by atoms with Gasteiger partial charge in [-0.05, 0) is 48.1 Å². The van der Waals surface area contributed by atoms with E-state index in [2.05, 4.69) is 34.8 Å². The van der Waals surface area contributed by atoms with E-state index in [1.165, 1.54) is 0 Å². The Bertz CT molecular complexity index is 412. The van der Waals surface area contributed by atoms with Crippen molar-refractivity contribution in [2.75, 3.05) is 6.54 Å². The summed E-state index contributed by atoms with van der Waals surface area (Å²) in [5.74, 6) is -0.0188. The Balaban J connectivity index is 0.00000324. The van der Waals surface area contributed by atoms with Crippen molar-refractivity contribution in [3.8, 4) is 0 Å². The van der Waals surface area contributed by atoms with Crippen LogP contribution >= 0.6 is 35.0 Å². The van der Waals surface area contributed by atoms with Gasteiger partial charge in [-0.3, -0.25) is 4.79 Å². The fraction of sp³-hybridized carbons (Fsp3) is 0.500. The number of hydrogen-bond acceptors (Lipinski definition) is 2. The van der Waals surface area contributed by atoms with Crippen LogP contribution in [0.4, 0.5) is 0 Å². The molecule has 0 fully saturated rings. The van der Waals surface area contributed by atoms with E-state index in [1.807, 2.05) is 25.1 Å². The third kappa shape index (κ3) is 6.10. The van der Waals surface area contributed by atoms with Crippen molar-refractivity contribution in [3.05, 3.63) is 32.9 Å². The highest BCUT2D eigenvalue weighted by Gasteiger charge is 2.14. The average molecular weight is 397 g/mol. The van der Waals surface area contributed by atoms with Crippen LogP contribution in [0.15, 0.2) is 18.2 Å². The van der Waals surface area contributed by atoms with Gasteiger partial charge in [0.25, 0.3) is 5.91 Å². The first-order valence-corrected chi connectivity index (χ1v) is 7.43. The summed E-state index contributed by atoms with van der Waals surface area (Å²) in [5.41, 5.74) is 7.53. The lowest BCUT2D eigenvalue weighted by Gasteiger charge is -2.17. The zero-order valence-corrected chi connectivity index (χ0v) is 14.4. The third-order valence-corrected chi connectivity index (χ3v) is 3.83. The fourth-order valence-corrected chi connectivity index (χ4v) is 2.36. The fourth-order valence-electron chi connectivity index (χ4n) is 1.78. The van der Waals surface area contributed by atoms with Crippen molar-refractivity contribution >= 4 is 40.9 Å². The molecule has 0 aliphatic rings. The maximum Gasteiger partial charge on any atom is 0.252 e. The first-order chi connectivity index (χ1) is 8.58. The summed E-state index contributed by atoms with van der Waals surface area (Å²) in [4.78, 5) is 12.2. The molecule has 19 heavy (non-hydrogen) atoms. The lowest BCUT2D eigenvalue weighted by Crippen LogP contribution is -2.40. The maximum absolute atomic E-state index is 12.2. The van der Waals surface area contributed by atoms with Gasteiger partial charge in [0.05, 0.1) is 5.56 Å². The molecular weight excluding hydrogens is 375 g/mol. The molecule has 1 rings (SSSR count). The Morgan fingerprint density at radius 3 is 2.74 bits per heavy atom. The van der Waals surface area contributed by atoms with Gasteiger partial charge in [0.1, 0.15) is 0 Å². The molecule has 0 radical (unpaired) electrons. The molecule has 108 valence electrons. The smallest absolute Gasteiger partial charge is 0.252 e. The van der Waals surface area contributed by atoms with Gasteiger partial charge in [0.15, 0.2) is 0 Å². The Hall–Kier alpha value is -0.330. The lowest BCUT2D eigenvalue weighted by molar-refractivity contribution is 0.0935. The van der Waals surface area contributed by atoms with Gasteiger partial charge in [-0.15, -0.1) is 12.4 Å². The molecule has 3 nitrogen and oxygen atoms in total. The van der Waals surface area contributed by atoms with Crippen molar-refractivity contribution in [1.82, 2.24) is 5.32 Å². The molecule has 0 spiro atoms. The minimum absolute atomic E-state index is 0. The summed E-state index contributed by atoms with van der Waals surface area (Å²) >= 11 is 2.19. The number of carbonyl (C=O) groups excluding carboxylic acids is 1. The highest BCUT2D eigenvalue weighted by molar-refractivity contribution is 14.1. The van der Waals surface area contributed by atoms with Crippen LogP contribution in [0.5, 0.6) is 0 Å². The lowest BCUT2D eigenvalue weighted by atomic mass is 10.1. The molecule has 0 heterocycles. The Labute approximate surface area is 135 Å². The number of rotatable bonds is 6. The van der Waals surface area contributed by atoms with Gasteiger partial charge in [0.2, 0.25) is 0 Å². The first kappa shape index (κ1) is 18.7. The molecule has 1 unspecified atom stereocenters. The number of carbonyl (C=O) groups is 1. The molecule has 1 amide bonds. The predicted octanol–water partition coefficient (Wildman–Crippen LogP) is 3.27. The molecule has 5 heteroatoms. The highest BCUT2D eigenvalue weighted by atomic mass is 127. The quantitative estimate of drug-likeness (QED) is 0.725. The van der Waals surface area contributed by atoms with Crippen LogP contribution in [0.25, 0.3) is 0 Å². The highest BCUT2D eigenvalue weighted by Crippen LogP contribution is 2.14. The minimum atomic E-state index is -0.0188. The summed E-state index contributed by atoms with van der Waals surface area (Å²) in [6.07, 6.45) is 3.16. The van der Waals surface area contributed by atoms with E-state index in [-0.39, 0.29) is 24.4 Å². The van der Waals surface area contributed by atoms with Crippen molar-refractivity contribution in [2.45, 2.75) is 39.2 Å². The SMILES string of the molecule is CCCCC(CN)NC(=O)c1cc(C)ccc1I.Cl. The minimum Gasteiger partial charge on any atom is -0.348 e. The molecule has 3 N–H and O–H groups in total. The van der Waals surface area contributed by atoms with Crippen LogP contribution in [-0.2, 0) is 0 Å². The third-order valence-electron chi connectivity index (χ3n) is 2.89. The van der Waals surface area contributed by atoms with Gasteiger partial charge >= 0.3 is 0 Å². The van der Waals surface area contributed by atoms with Gasteiger partial charge in [-0.1, -0.05) is 31.4 Å². The molecule has 0 aliphatic heterocycles. The van der Waals surface area contributed by atoms with Crippen LogP contribution < -0.4 is 11.1 Å². The van der Waals surface area contributed by atoms with Crippen LogP contribution in [-0.4, -0.2) is 18.5 Å². The molecule has 1 atom stereocenters. The van der Waals surface area contributed by atoms with Crippen molar-refractivity contribution < 1.29 is 4.79 Å². The van der Waals surface area contributed by atoms with Crippen LogP contribution in [0, 0.1) is 10.5 Å². The summed E-state index contributed by atoms with van der Waals surface area (Å²) in [6, 6.07) is 5.98. The molecule has 1 aromatic rings. The molecule has 0 saturated heterocycles. The van der Waals surface area contributed by atoms with Gasteiger partial charge in [0, 0.05) is 16.2 Å². The standard InChI is InChI=1S/C14H21IN2O.ClH/c1-3-4-5-11(9-16)17-14(18)12-8-10(2)6-7-13(12)15;/h6-8,11H,3-5,9,16H2,1-2H3,(H,17,18);1H. The van der Waals surface area contributed by atoms with E-state index in [0.29, 0.717) is 6.54 Å². The maximum atomic E-state index is 12.2. The first-order valence-electron chi connectivity index (χ1n) is 6.35. The molecular formula is C14H22ClIN2O. The van der Waals surface area contributed by atoms with Gasteiger partial charge < -0.3 is 11.1 Å². The number of nitrogens with one attached hydrogen (secondary N) is 1. The summed E-state index contributed by atoms with van der Waals surface area (Å²) < 4.78 is 0.974. The van der Waals surface area contributed by atoms with Crippen LogP contribution in [0.3, 0.4) is 0 Å². The average Bonchev–Trinajstić information content (AvgIpc) is 2.37. The normalized spacial score (nSPS) is 11.6. The largest absolute Gasteiger partial charge is 0.348 e. The number of nitrogens with two attached hydrogens (primary N) is 1. The monoisotopic (exact) mass is 396 g/mol. The number of amides is 1. The Morgan fingerprint density at radius 2 is 2.16 bits per heavy atom. The number of aryl methyl sites for hydroxylation is 1. The van der Waals surface area contributed by atoms with Crippen LogP contribution in [0.2, 0.25) is 0 Å².